The Bertz CT molecular complexity index is 808. The van der Waals surface area contributed by atoms with Gasteiger partial charge in [-0.05, 0) is 23.8 Å². The minimum atomic E-state index is -1.66. The monoisotopic (exact) mass is 418 g/mol. The maximum atomic E-state index is 12.3. The summed E-state index contributed by atoms with van der Waals surface area (Å²) >= 11 is 17.8. The summed E-state index contributed by atoms with van der Waals surface area (Å²) in [5, 5.41) is 2.75. The predicted octanol–water partition coefficient (Wildman–Crippen LogP) is 4.28. The van der Waals surface area contributed by atoms with Crippen LogP contribution in [-0.4, -0.2) is 22.2 Å². The zero-order chi connectivity index (χ0) is 18.4. The van der Waals surface area contributed by atoms with E-state index in [-0.39, 0.29) is 15.1 Å². The number of amides is 1. The van der Waals surface area contributed by atoms with Gasteiger partial charge in [-0.2, -0.15) is 0 Å². The largest absolute Gasteiger partial charge is 0.481 e. The van der Waals surface area contributed by atoms with Crippen molar-refractivity contribution in [2.75, 3.05) is 12.4 Å². The Hall–Kier alpha value is -1.60. The van der Waals surface area contributed by atoms with Gasteiger partial charge in [0, 0.05) is 11.1 Å². The highest BCUT2D eigenvalue weighted by Crippen LogP contribution is 2.23. The van der Waals surface area contributed by atoms with Crippen LogP contribution in [0.5, 0.6) is 5.88 Å². The number of nitrogens with zero attached hydrogens (tertiary/aromatic N) is 1. The zero-order valence-corrected chi connectivity index (χ0v) is 16.0. The molecule has 0 aliphatic carbocycles. The zero-order valence-electron chi connectivity index (χ0n) is 13.0. The first-order chi connectivity index (χ1) is 11.9. The molecule has 1 heterocycles. The van der Waals surface area contributed by atoms with Crippen LogP contribution in [0.4, 0.5) is 5.69 Å². The molecule has 0 bridgehead atoms. The van der Waals surface area contributed by atoms with Crippen LogP contribution >= 0.6 is 34.8 Å². The van der Waals surface area contributed by atoms with Crippen molar-refractivity contribution in [3.05, 3.63) is 62.6 Å². The maximum Gasteiger partial charge on any atom is 0.269 e. The van der Waals surface area contributed by atoms with E-state index in [2.05, 4.69) is 10.3 Å². The fraction of sp³-hybridized carbons (Fsp3) is 0.125. The SMILES string of the molecule is COc1ccc(NC(=O)/C(Cl)=C(/Cl)S(=O)Cc2ccc(Cl)cc2)cn1. The number of ether oxygens (including phenoxy) is 1. The Morgan fingerprint density at radius 2 is 1.88 bits per heavy atom. The maximum absolute atomic E-state index is 12.3. The first kappa shape index (κ1) is 19.7. The topological polar surface area (TPSA) is 68.3 Å². The van der Waals surface area contributed by atoms with E-state index in [0.29, 0.717) is 16.6 Å². The van der Waals surface area contributed by atoms with Gasteiger partial charge in [0.1, 0.15) is 9.40 Å². The summed E-state index contributed by atoms with van der Waals surface area (Å²) < 4.78 is 17.0. The third-order valence-corrected chi connectivity index (χ3v) is 5.71. The van der Waals surface area contributed by atoms with Crippen LogP contribution < -0.4 is 10.1 Å². The molecular formula is C16H13Cl3N2O3S. The number of carbonyl (C=O) groups excluding carboxylic acids is 1. The van der Waals surface area contributed by atoms with Gasteiger partial charge >= 0.3 is 0 Å². The molecule has 2 aromatic rings. The van der Waals surface area contributed by atoms with Crippen LogP contribution in [0.3, 0.4) is 0 Å². The number of rotatable bonds is 6. The third kappa shape index (κ3) is 5.71. The number of halogens is 3. The lowest BCUT2D eigenvalue weighted by Gasteiger charge is -2.07. The molecule has 1 amide bonds. The van der Waals surface area contributed by atoms with E-state index in [1.54, 1.807) is 36.4 Å². The Morgan fingerprint density at radius 3 is 2.44 bits per heavy atom. The molecule has 1 atom stereocenters. The fourth-order valence-corrected chi connectivity index (χ4v) is 3.34. The van der Waals surface area contributed by atoms with Crippen LogP contribution in [0.15, 0.2) is 52.0 Å². The minimum absolute atomic E-state index is 0.115. The van der Waals surface area contributed by atoms with Gasteiger partial charge < -0.3 is 10.1 Å². The second kappa shape index (κ2) is 9.20. The standard InChI is InChI=1S/C16H13Cl3N2O3S/c1-24-13-7-6-12(8-20-13)21-16(22)14(18)15(19)25(23)9-10-2-4-11(17)5-3-10/h2-8H,9H2,1H3,(H,21,22)/b15-14+. The van der Waals surface area contributed by atoms with Gasteiger partial charge in [-0.3, -0.25) is 9.00 Å². The number of anilines is 1. The van der Waals surface area contributed by atoms with Crippen molar-refractivity contribution >= 4 is 57.2 Å². The number of aromatic nitrogens is 1. The van der Waals surface area contributed by atoms with Crippen LogP contribution in [0, 0.1) is 0 Å². The second-order valence-electron chi connectivity index (χ2n) is 4.75. The van der Waals surface area contributed by atoms with Crippen molar-refractivity contribution in [3.8, 4) is 5.88 Å². The lowest BCUT2D eigenvalue weighted by Crippen LogP contribution is -2.14. The molecule has 1 aromatic heterocycles. The van der Waals surface area contributed by atoms with E-state index in [0.717, 1.165) is 5.56 Å². The summed E-state index contributed by atoms with van der Waals surface area (Å²) in [6.07, 6.45) is 1.40. The summed E-state index contributed by atoms with van der Waals surface area (Å²) in [5.74, 6) is -0.159. The lowest BCUT2D eigenvalue weighted by molar-refractivity contribution is -0.112. The van der Waals surface area contributed by atoms with Gasteiger partial charge in [-0.1, -0.05) is 46.9 Å². The van der Waals surface area contributed by atoms with Gasteiger partial charge in [0.15, 0.2) is 0 Å². The van der Waals surface area contributed by atoms with Crippen molar-refractivity contribution in [2.45, 2.75) is 5.75 Å². The summed E-state index contributed by atoms with van der Waals surface area (Å²) in [5.41, 5.74) is 1.15. The van der Waals surface area contributed by atoms with Crippen molar-refractivity contribution in [1.82, 2.24) is 4.98 Å². The molecule has 0 aliphatic rings. The Balaban J connectivity index is 2.06. The number of pyridine rings is 1. The van der Waals surface area contributed by atoms with E-state index >= 15 is 0 Å². The number of benzene rings is 1. The highest BCUT2D eigenvalue weighted by Gasteiger charge is 2.17. The van der Waals surface area contributed by atoms with Gasteiger partial charge in [-0.15, -0.1) is 0 Å². The number of hydrogen-bond donors (Lipinski definition) is 1. The minimum Gasteiger partial charge on any atom is -0.481 e. The molecule has 0 aliphatic heterocycles. The van der Waals surface area contributed by atoms with E-state index in [1.165, 1.54) is 13.3 Å². The molecule has 1 unspecified atom stereocenters. The van der Waals surface area contributed by atoms with Crippen LogP contribution in [-0.2, 0) is 21.3 Å². The smallest absolute Gasteiger partial charge is 0.269 e. The number of hydrogen-bond acceptors (Lipinski definition) is 4. The van der Waals surface area contributed by atoms with E-state index < -0.39 is 16.7 Å². The summed E-state index contributed by atoms with van der Waals surface area (Å²) in [6, 6.07) is 9.97. The van der Waals surface area contributed by atoms with Gasteiger partial charge in [-0.25, -0.2) is 4.98 Å². The van der Waals surface area contributed by atoms with E-state index in [9.17, 15) is 9.00 Å². The van der Waals surface area contributed by atoms with E-state index in [1.807, 2.05) is 0 Å². The molecule has 9 heteroatoms. The second-order valence-corrected chi connectivity index (χ2v) is 7.55. The average Bonchev–Trinajstić information content (AvgIpc) is 2.62. The molecule has 132 valence electrons. The number of carbonyl (C=O) groups is 1. The molecule has 0 fully saturated rings. The average molecular weight is 420 g/mol. The molecule has 0 saturated heterocycles. The normalized spacial score (nSPS) is 13.0. The first-order valence-corrected chi connectivity index (χ1v) is 9.35. The van der Waals surface area contributed by atoms with Gasteiger partial charge in [0.05, 0.1) is 35.5 Å². The number of nitrogens with one attached hydrogen (secondary N) is 1. The highest BCUT2D eigenvalue weighted by atomic mass is 35.5. The van der Waals surface area contributed by atoms with E-state index in [4.69, 9.17) is 39.5 Å². The van der Waals surface area contributed by atoms with Crippen LogP contribution in [0.1, 0.15) is 5.56 Å². The highest BCUT2D eigenvalue weighted by molar-refractivity contribution is 7.90. The summed E-state index contributed by atoms with van der Waals surface area (Å²) in [4.78, 5) is 16.1. The van der Waals surface area contributed by atoms with Crippen molar-refractivity contribution in [3.63, 3.8) is 0 Å². The Kier molecular flexibility index (Phi) is 7.25. The molecule has 1 N–H and O–H groups in total. The molecular weight excluding hydrogens is 407 g/mol. The summed E-state index contributed by atoms with van der Waals surface area (Å²) in [7, 11) is -0.180. The summed E-state index contributed by atoms with van der Waals surface area (Å²) in [6.45, 7) is 0. The third-order valence-electron chi connectivity index (χ3n) is 2.99. The molecule has 0 spiro atoms. The van der Waals surface area contributed by atoms with Crippen molar-refractivity contribution in [1.29, 1.82) is 0 Å². The lowest BCUT2D eigenvalue weighted by atomic mass is 10.2. The Labute approximate surface area is 162 Å². The van der Waals surface area contributed by atoms with Crippen LogP contribution in [0.2, 0.25) is 5.02 Å². The molecule has 25 heavy (non-hydrogen) atoms. The molecule has 5 nitrogen and oxygen atoms in total. The van der Waals surface area contributed by atoms with Crippen LogP contribution in [0.25, 0.3) is 0 Å². The van der Waals surface area contributed by atoms with Gasteiger partial charge in [0.25, 0.3) is 5.91 Å². The Morgan fingerprint density at radius 1 is 1.20 bits per heavy atom. The number of methoxy groups -OCH3 is 1. The molecule has 0 radical (unpaired) electrons. The first-order valence-electron chi connectivity index (χ1n) is 6.90. The van der Waals surface area contributed by atoms with Gasteiger partial charge in [0.2, 0.25) is 5.88 Å². The predicted molar refractivity (Wildman–Crippen MR) is 101 cm³/mol. The molecule has 2 rings (SSSR count). The molecule has 1 aromatic carbocycles. The quantitative estimate of drug-likeness (QED) is 0.710. The van der Waals surface area contributed by atoms with Crippen molar-refractivity contribution in [2.24, 2.45) is 0 Å². The fourth-order valence-electron chi connectivity index (χ4n) is 1.75. The molecule has 0 saturated carbocycles. The van der Waals surface area contributed by atoms with Crippen molar-refractivity contribution < 1.29 is 13.7 Å².